The molecule has 12 rings (SSSR count). The summed E-state index contributed by atoms with van der Waals surface area (Å²) in [4.78, 5) is 15.0. The SMILES string of the molecule is CC(C)(C)c1ccc(N2c3cc(-c4cnc5c(ccc6cccnc65)c4)cc4c3B(c3sc5ccccc5c3N4c3ccc(C(C)(C)C)cc3)c3c2sc2ccccc32)cc1. The van der Waals surface area contributed by atoms with Crippen molar-refractivity contribution in [2.45, 2.75) is 52.4 Å². The molecule has 7 heteroatoms. The highest BCUT2D eigenvalue weighted by Gasteiger charge is 2.47. The van der Waals surface area contributed by atoms with E-state index in [0.717, 1.165) is 44.3 Å². The number of aromatic nitrogens is 2. The predicted octanol–water partition coefficient (Wildman–Crippen LogP) is 13.6. The third-order valence-corrected chi connectivity index (χ3v) is 15.2. The first-order valence-electron chi connectivity index (χ1n) is 21.2. The van der Waals surface area contributed by atoms with E-state index < -0.39 is 0 Å². The number of fused-ring (bicyclic) bond motifs is 11. The molecule has 4 nitrogen and oxygen atoms in total. The smallest absolute Gasteiger partial charge is 0.266 e. The lowest BCUT2D eigenvalue weighted by Gasteiger charge is -2.42. The fourth-order valence-corrected chi connectivity index (χ4v) is 12.3. The van der Waals surface area contributed by atoms with E-state index in [9.17, 15) is 0 Å². The van der Waals surface area contributed by atoms with Crippen LogP contribution < -0.4 is 25.5 Å². The van der Waals surface area contributed by atoms with Crippen LogP contribution in [0.4, 0.5) is 33.4 Å². The largest absolute Gasteiger partial charge is 0.310 e. The molecule has 2 aliphatic rings. The van der Waals surface area contributed by atoms with Gasteiger partial charge < -0.3 is 9.80 Å². The van der Waals surface area contributed by atoms with Crippen LogP contribution in [0, 0.1) is 0 Å². The number of rotatable bonds is 3. The van der Waals surface area contributed by atoms with E-state index in [1.807, 2.05) is 34.9 Å². The first-order valence-corrected chi connectivity index (χ1v) is 22.8. The van der Waals surface area contributed by atoms with Gasteiger partial charge in [0.1, 0.15) is 0 Å². The van der Waals surface area contributed by atoms with Crippen molar-refractivity contribution in [3.63, 3.8) is 0 Å². The summed E-state index contributed by atoms with van der Waals surface area (Å²) in [5.41, 5.74) is 15.5. The Labute approximate surface area is 364 Å². The van der Waals surface area contributed by atoms with Crippen molar-refractivity contribution in [3.05, 3.63) is 163 Å². The van der Waals surface area contributed by atoms with Crippen molar-refractivity contribution < 1.29 is 0 Å². The molecule has 0 saturated heterocycles. The second kappa shape index (κ2) is 13.1. The molecule has 294 valence electrons. The third-order valence-electron chi connectivity index (χ3n) is 12.8. The van der Waals surface area contributed by atoms with Crippen molar-refractivity contribution in [3.8, 4) is 11.1 Å². The van der Waals surface area contributed by atoms with Gasteiger partial charge in [-0.3, -0.25) is 9.97 Å². The molecule has 2 aliphatic heterocycles. The first kappa shape index (κ1) is 36.6. The van der Waals surface area contributed by atoms with E-state index >= 15 is 0 Å². The second-order valence-electron chi connectivity index (χ2n) is 18.7. The molecule has 0 unspecified atom stereocenters. The van der Waals surface area contributed by atoms with E-state index in [2.05, 4.69) is 191 Å². The average Bonchev–Trinajstić information content (AvgIpc) is 3.85. The predicted molar refractivity (Wildman–Crippen MR) is 265 cm³/mol. The van der Waals surface area contributed by atoms with Crippen molar-refractivity contribution in [2.24, 2.45) is 0 Å². The van der Waals surface area contributed by atoms with Crippen molar-refractivity contribution >= 4 is 121 Å². The van der Waals surface area contributed by atoms with Crippen molar-refractivity contribution in [1.29, 1.82) is 0 Å². The zero-order valence-corrected chi connectivity index (χ0v) is 36.7. The Hall–Kier alpha value is -6.28. The molecular weight excluding hydrogens is 780 g/mol. The molecule has 0 aliphatic carbocycles. The summed E-state index contributed by atoms with van der Waals surface area (Å²) in [6.07, 6.45) is 3.91. The Morgan fingerprint density at radius 3 is 1.79 bits per heavy atom. The summed E-state index contributed by atoms with van der Waals surface area (Å²) in [5, 5.41) is 6.07. The first-order chi connectivity index (χ1) is 29.5. The maximum atomic E-state index is 5.15. The monoisotopic (exact) mass is 822 g/mol. The maximum Gasteiger partial charge on any atom is 0.266 e. The van der Waals surface area contributed by atoms with Gasteiger partial charge in [-0.25, -0.2) is 0 Å². The minimum atomic E-state index is 0.0359. The second-order valence-corrected chi connectivity index (χ2v) is 20.8. The summed E-state index contributed by atoms with van der Waals surface area (Å²) in [7, 11) is 0. The Morgan fingerprint density at radius 1 is 0.508 bits per heavy atom. The van der Waals surface area contributed by atoms with Gasteiger partial charge in [-0.2, -0.15) is 0 Å². The van der Waals surface area contributed by atoms with Gasteiger partial charge in [0.25, 0.3) is 6.71 Å². The molecule has 0 atom stereocenters. The van der Waals surface area contributed by atoms with Crippen LogP contribution in [-0.4, -0.2) is 16.7 Å². The van der Waals surface area contributed by atoms with Gasteiger partial charge >= 0.3 is 0 Å². The number of hydrogen-bond donors (Lipinski definition) is 0. The Bertz CT molecular complexity index is 3410. The summed E-state index contributed by atoms with van der Waals surface area (Å²) in [6, 6.07) is 52.3. The van der Waals surface area contributed by atoms with Crippen LogP contribution in [-0.2, 0) is 10.8 Å². The van der Waals surface area contributed by atoms with Crippen LogP contribution in [0.15, 0.2) is 152 Å². The highest BCUT2D eigenvalue weighted by Crippen LogP contribution is 2.51. The average molecular weight is 823 g/mol. The van der Waals surface area contributed by atoms with E-state index in [0.29, 0.717) is 0 Å². The molecule has 0 bridgehead atoms. The van der Waals surface area contributed by atoms with E-state index in [4.69, 9.17) is 9.97 Å². The molecule has 6 aromatic carbocycles. The van der Waals surface area contributed by atoms with Crippen LogP contribution in [0.1, 0.15) is 52.7 Å². The molecule has 0 spiro atoms. The van der Waals surface area contributed by atoms with Gasteiger partial charge in [0.2, 0.25) is 0 Å². The Balaban J connectivity index is 1.20. The molecule has 0 saturated carbocycles. The lowest BCUT2D eigenvalue weighted by molar-refractivity contribution is 0.590. The standard InChI is InChI=1S/C54H43BN4S2/c1-53(2,3)36-19-23-38(24-20-36)58-42-29-34(35-28-33-18-17-32-12-11-27-56-48(32)49(33)57-31-35)30-43-47(42)55(51-50(58)41-14-8-10-16-45(41)60-51)46-40-13-7-9-15-44(40)61-52(46)59(43)39-25-21-37(22-26-39)54(4,5)6/h7-31H,1-6H3. The van der Waals surface area contributed by atoms with Gasteiger partial charge in [0, 0.05) is 71.0 Å². The highest BCUT2D eigenvalue weighted by atomic mass is 32.1. The van der Waals surface area contributed by atoms with Crippen LogP contribution in [0.2, 0.25) is 0 Å². The molecule has 0 N–H and O–H groups in total. The van der Waals surface area contributed by atoms with Crippen molar-refractivity contribution in [2.75, 3.05) is 9.80 Å². The van der Waals surface area contributed by atoms with Crippen molar-refractivity contribution in [1.82, 2.24) is 9.97 Å². The normalized spacial score (nSPS) is 13.6. The number of hydrogen-bond acceptors (Lipinski definition) is 6. The van der Waals surface area contributed by atoms with Crippen LogP contribution >= 0.6 is 22.7 Å². The summed E-state index contributed by atoms with van der Waals surface area (Å²) >= 11 is 3.86. The maximum absolute atomic E-state index is 5.15. The molecule has 4 aromatic heterocycles. The topological polar surface area (TPSA) is 32.3 Å². The number of pyridine rings is 2. The highest BCUT2D eigenvalue weighted by molar-refractivity contribution is 7.35. The third kappa shape index (κ3) is 5.56. The number of anilines is 6. The molecule has 0 fully saturated rings. The summed E-state index contributed by atoms with van der Waals surface area (Å²) in [6.45, 7) is 13.8. The lowest BCUT2D eigenvalue weighted by atomic mass is 9.36. The zero-order valence-electron chi connectivity index (χ0n) is 35.1. The summed E-state index contributed by atoms with van der Waals surface area (Å²) < 4.78 is 4.00. The van der Waals surface area contributed by atoms with Gasteiger partial charge in [-0.1, -0.05) is 120 Å². The number of benzene rings is 6. The van der Waals surface area contributed by atoms with Crippen LogP contribution in [0.25, 0.3) is 53.1 Å². The van der Waals surface area contributed by atoms with E-state index in [-0.39, 0.29) is 17.5 Å². The fraction of sp³-hybridized carbons (Fsp3) is 0.148. The minimum Gasteiger partial charge on any atom is -0.310 e. The lowest BCUT2D eigenvalue weighted by Crippen LogP contribution is -2.60. The van der Waals surface area contributed by atoms with Gasteiger partial charge in [0.15, 0.2) is 0 Å². The molecule has 61 heavy (non-hydrogen) atoms. The summed E-state index contributed by atoms with van der Waals surface area (Å²) in [5.74, 6) is 0. The zero-order chi connectivity index (χ0) is 41.4. The molecule has 6 heterocycles. The van der Waals surface area contributed by atoms with E-state index in [1.165, 1.54) is 69.1 Å². The quantitative estimate of drug-likeness (QED) is 0.131. The van der Waals surface area contributed by atoms with Gasteiger partial charge in [-0.15, -0.1) is 22.7 Å². The molecule has 10 aromatic rings. The molecule has 0 radical (unpaired) electrons. The van der Waals surface area contributed by atoms with Gasteiger partial charge in [-0.05, 0) is 104 Å². The van der Waals surface area contributed by atoms with Crippen LogP contribution in [0.3, 0.4) is 0 Å². The minimum absolute atomic E-state index is 0.0359. The molecule has 0 amide bonds. The van der Waals surface area contributed by atoms with E-state index in [1.54, 1.807) is 0 Å². The van der Waals surface area contributed by atoms with Crippen LogP contribution in [0.5, 0.6) is 0 Å². The number of nitrogens with zero attached hydrogens (tertiary/aromatic N) is 4. The van der Waals surface area contributed by atoms with Gasteiger partial charge in [0.05, 0.1) is 21.7 Å². The molecular formula is C54H43BN4S2. The fourth-order valence-electron chi connectivity index (χ4n) is 9.71. The Morgan fingerprint density at radius 2 is 1.10 bits per heavy atom. The number of thiophene rings is 2. The Kier molecular flexibility index (Phi) is 7.86.